The van der Waals surface area contributed by atoms with Gasteiger partial charge in [-0.05, 0) is 25.7 Å². The quantitative estimate of drug-likeness (QED) is 0.494. The highest BCUT2D eigenvalue weighted by Crippen LogP contribution is 1.96. The maximum Gasteiger partial charge on any atom is -0.0166 e. The van der Waals surface area contributed by atoms with Gasteiger partial charge in [0.05, 0.1) is 0 Å². The van der Waals surface area contributed by atoms with Gasteiger partial charge in [-0.2, -0.15) is 0 Å². The van der Waals surface area contributed by atoms with Crippen LogP contribution in [0.25, 0.3) is 0 Å². The fraction of sp³-hybridized carbons (Fsp3) is 0.286. The second-order valence-electron chi connectivity index (χ2n) is 3.21. The minimum Gasteiger partial charge on any atom is -0.0844 e. The first kappa shape index (κ1) is 10.8. The van der Waals surface area contributed by atoms with Crippen LogP contribution in [0.1, 0.15) is 25.7 Å². The maximum absolute atomic E-state index is 2.21. The Morgan fingerprint density at radius 3 is 1.00 bits per heavy atom. The summed E-state index contributed by atoms with van der Waals surface area (Å²) in [4.78, 5) is 0. The smallest absolute Gasteiger partial charge is 0.0166 e. The summed E-state index contributed by atoms with van der Waals surface area (Å²) < 4.78 is 0. The lowest BCUT2D eigenvalue weighted by Gasteiger charge is -1.86. The van der Waals surface area contributed by atoms with Crippen LogP contribution in [-0.2, 0) is 0 Å². The zero-order chi connectivity index (χ0) is 9.90. The van der Waals surface area contributed by atoms with E-state index < -0.39 is 0 Å². The molecule has 0 unspecified atom stereocenters. The van der Waals surface area contributed by atoms with Crippen molar-refractivity contribution in [3.63, 3.8) is 0 Å². The summed E-state index contributed by atoms with van der Waals surface area (Å²) in [6, 6.07) is 0. The highest BCUT2D eigenvalue weighted by atomic mass is 13.8. The Balaban J connectivity index is 2.45. The van der Waals surface area contributed by atoms with Crippen LogP contribution >= 0.6 is 0 Å². The molecule has 0 aromatic carbocycles. The van der Waals surface area contributed by atoms with Crippen LogP contribution in [-0.4, -0.2) is 0 Å². The summed E-state index contributed by atoms with van der Waals surface area (Å²) in [6.45, 7) is 0. The molecule has 0 atom stereocenters. The largest absolute Gasteiger partial charge is 0.0844 e. The molecule has 0 heteroatoms. The van der Waals surface area contributed by atoms with Crippen molar-refractivity contribution in [1.29, 1.82) is 0 Å². The molecule has 0 aliphatic heterocycles. The fourth-order valence-corrected chi connectivity index (χ4v) is 1.21. The molecule has 1 aliphatic carbocycles. The second-order valence-corrected chi connectivity index (χ2v) is 3.21. The zero-order valence-corrected chi connectivity index (χ0v) is 8.60. The molecule has 0 aromatic rings. The van der Waals surface area contributed by atoms with Crippen LogP contribution in [0.15, 0.2) is 60.8 Å². The molecule has 0 bridgehead atoms. The predicted molar refractivity (Wildman–Crippen MR) is 64.2 cm³/mol. The van der Waals surface area contributed by atoms with Crippen LogP contribution < -0.4 is 0 Å². The molecule has 0 saturated carbocycles. The van der Waals surface area contributed by atoms with E-state index in [1.807, 2.05) is 0 Å². The van der Waals surface area contributed by atoms with Gasteiger partial charge in [-0.25, -0.2) is 0 Å². The van der Waals surface area contributed by atoms with Gasteiger partial charge in [0.2, 0.25) is 0 Å². The van der Waals surface area contributed by atoms with E-state index in [1.165, 1.54) is 0 Å². The molecule has 74 valence electrons. The van der Waals surface area contributed by atoms with Crippen molar-refractivity contribution in [1.82, 2.24) is 0 Å². The lowest BCUT2D eigenvalue weighted by atomic mass is 10.2. The molecular formula is C14H18. The van der Waals surface area contributed by atoms with Gasteiger partial charge in [-0.3, -0.25) is 0 Å². The number of hydrogen-bond acceptors (Lipinski definition) is 0. The number of allylic oxidation sites excluding steroid dienone is 10. The van der Waals surface area contributed by atoms with Gasteiger partial charge in [0.1, 0.15) is 0 Å². The topological polar surface area (TPSA) is 0 Å². The maximum atomic E-state index is 2.21. The van der Waals surface area contributed by atoms with Crippen molar-refractivity contribution in [2.24, 2.45) is 0 Å². The Morgan fingerprint density at radius 2 is 0.643 bits per heavy atom. The van der Waals surface area contributed by atoms with E-state index in [2.05, 4.69) is 60.8 Å². The molecule has 0 fully saturated rings. The van der Waals surface area contributed by atoms with Crippen LogP contribution in [0.4, 0.5) is 0 Å². The van der Waals surface area contributed by atoms with E-state index in [9.17, 15) is 0 Å². The Bertz CT molecular complexity index is 234. The van der Waals surface area contributed by atoms with E-state index in [-0.39, 0.29) is 0 Å². The highest BCUT2D eigenvalue weighted by molar-refractivity contribution is 5.08. The minimum atomic E-state index is 1.04. The van der Waals surface area contributed by atoms with Crippen molar-refractivity contribution >= 4 is 0 Å². The number of hydrogen-bond donors (Lipinski definition) is 0. The second kappa shape index (κ2) is 8.31. The molecule has 1 rings (SSSR count). The van der Waals surface area contributed by atoms with Crippen molar-refractivity contribution in [2.45, 2.75) is 25.7 Å². The van der Waals surface area contributed by atoms with E-state index >= 15 is 0 Å². The summed E-state index contributed by atoms with van der Waals surface area (Å²) in [6.07, 6.45) is 26.0. The molecule has 0 heterocycles. The lowest BCUT2D eigenvalue weighted by Crippen LogP contribution is -1.65. The van der Waals surface area contributed by atoms with Gasteiger partial charge >= 0.3 is 0 Å². The van der Waals surface area contributed by atoms with Crippen LogP contribution in [0.2, 0.25) is 0 Å². The Morgan fingerprint density at radius 1 is 0.357 bits per heavy atom. The Hall–Kier alpha value is -1.30. The van der Waals surface area contributed by atoms with Crippen molar-refractivity contribution < 1.29 is 0 Å². The van der Waals surface area contributed by atoms with E-state index in [1.54, 1.807) is 0 Å². The van der Waals surface area contributed by atoms with Gasteiger partial charge in [0.25, 0.3) is 0 Å². The van der Waals surface area contributed by atoms with E-state index in [0.29, 0.717) is 0 Å². The fourth-order valence-electron chi connectivity index (χ4n) is 1.21. The van der Waals surface area contributed by atoms with Gasteiger partial charge in [-0.15, -0.1) is 0 Å². The molecule has 0 amide bonds. The van der Waals surface area contributed by atoms with Crippen molar-refractivity contribution in [3.05, 3.63) is 60.8 Å². The first-order valence-corrected chi connectivity index (χ1v) is 5.27. The monoisotopic (exact) mass is 186 g/mol. The normalized spacial score (nSPS) is 25.1. The molecule has 14 heavy (non-hydrogen) atoms. The summed E-state index contributed by atoms with van der Waals surface area (Å²) in [5, 5.41) is 0. The molecule has 0 nitrogen and oxygen atoms in total. The molecular weight excluding hydrogens is 168 g/mol. The SMILES string of the molecule is C1=CC/C=C/C/C=C/C/C=C/CC=C1. The molecule has 0 N–H and O–H groups in total. The summed E-state index contributed by atoms with van der Waals surface area (Å²) in [5.74, 6) is 0. The molecule has 0 radical (unpaired) electrons. The average Bonchev–Trinajstić information content (AvgIpc) is 2.22. The van der Waals surface area contributed by atoms with Crippen LogP contribution in [0.3, 0.4) is 0 Å². The van der Waals surface area contributed by atoms with Crippen LogP contribution in [0.5, 0.6) is 0 Å². The highest BCUT2D eigenvalue weighted by Gasteiger charge is 1.75. The number of rotatable bonds is 0. The standard InChI is InChI=1S/C14H18/c1-2-4-6-8-10-12-14-13-11-9-7-5-3-1/h1-4,7-10,13-14H,5-6,11-12H2/b3-1?,4-2?,9-7+,10-8+,14-13+. The van der Waals surface area contributed by atoms with E-state index in [0.717, 1.165) is 25.7 Å². The van der Waals surface area contributed by atoms with Gasteiger partial charge in [0, 0.05) is 0 Å². The predicted octanol–water partition coefficient (Wildman–Crippen LogP) is 4.34. The van der Waals surface area contributed by atoms with Crippen molar-refractivity contribution in [3.8, 4) is 0 Å². The summed E-state index contributed by atoms with van der Waals surface area (Å²) >= 11 is 0. The average molecular weight is 186 g/mol. The minimum absolute atomic E-state index is 1.04. The first-order chi connectivity index (χ1) is 7.00. The third-order valence-corrected chi connectivity index (χ3v) is 1.97. The lowest BCUT2D eigenvalue weighted by molar-refractivity contribution is 1.26. The Labute approximate surface area is 87.0 Å². The third kappa shape index (κ3) is 6.24. The van der Waals surface area contributed by atoms with E-state index in [4.69, 9.17) is 0 Å². The van der Waals surface area contributed by atoms with Gasteiger partial charge in [0.15, 0.2) is 0 Å². The van der Waals surface area contributed by atoms with Crippen molar-refractivity contribution in [2.75, 3.05) is 0 Å². The van der Waals surface area contributed by atoms with Crippen LogP contribution in [0, 0.1) is 0 Å². The first-order valence-electron chi connectivity index (χ1n) is 5.27. The summed E-state index contributed by atoms with van der Waals surface area (Å²) in [7, 11) is 0. The van der Waals surface area contributed by atoms with Gasteiger partial charge < -0.3 is 0 Å². The molecule has 1 aliphatic rings. The zero-order valence-electron chi connectivity index (χ0n) is 8.60. The van der Waals surface area contributed by atoms with Gasteiger partial charge in [-0.1, -0.05) is 60.8 Å². The third-order valence-electron chi connectivity index (χ3n) is 1.97. The molecule has 0 saturated heterocycles. The Kier molecular flexibility index (Phi) is 6.39. The molecule has 0 aromatic heterocycles. The summed E-state index contributed by atoms with van der Waals surface area (Å²) in [5.41, 5.74) is 0. The molecule has 0 spiro atoms.